The van der Waals surface area contributed by atoms with Crippen molar-refractivity contribution in [3.8, 4) is 0 Å². The number of rotatable bonds is 4. The van der Waals surface area contributed by atoms with Gasteiger partial charge in [0.15, 0.2) is 0 Å². The van der Waals surface area contributed by atoms with Gasteiger partial charge in [-0.1, -0.05) is 6.08 Å². The Kier molecular flexibility index (Phi) is 5.23. The van der Waals surface area contributed by atoms with Gasteiger partial charge >= 0.3 is 0 Å². The third-order valence-electron chi connectivity index (χ3n) is 1.78. The highest BCUT2D eigenvalue weighted by molar-refractivity contribution is 5.27. The van der Waals surface area contributed by atoms with E-state index in [1.165, 1.54) is 0 Å². The summed E-state index contributed by atoms with van der Waals surface area (Å²) in [4.78, 5) is 4.02. The molecule has 76 valence electrons. The number of allylic oxidation sites excluding steroid dienone is 1. The molecule has 0 atom stereocenters. The fourth-order valence-corrected chi connectivity index (χ4v) is 1.24. The lowest BCUT2D eigenvalue weighted by molar-refractivity contribution is 0.336. The molecule has 13 heavy (non-hydrogen) atoms. The maximum absolute atomic E-state index is 8.86. The minimum atomic E-state index is 0.0681. The summed E-state index contributed by atoms with van der Waals surface area (Å²) in [5, 5.41) is 8.86. The van der Waals surface area contributed by atoms with Gasteiger partial charge in [-0.15, -0.1) is 0 Å². The van der Waals surface area contributed by atoms with Crippen molar-refractivity contribution in [2.45, 2.75) is 6.92 Å². The first-order valence-corrected chi connectivity index (χ1v) is 4.37. The molecular formula is C10H20N2O. The fraction of sp³-hybridized carbons (Fsp3) is 0.600. The molecule has 0 aromatic rings. The van der Waals surface area contributed by atoms with Gasteiger partial charge < -0.3 is 14.9 Å². The lowest BCUT2D eigenvalue weighted by Crippen LogP contribution is -2.22. The zero-order valence-corrected chi connectivity index (χ0v) is 9.20. The van der Waals surface area contributed by atoms with Crippen LogP contribution in [0.3, 0.4) is 0 Å². The molecule has 0 saturated carbocycles. The van der Waals surface area contributed by atoms with Crippen LogP contribution in [-0.4, -0.2) is 49.7 Å². The van der Waals surface area contributed by atoms with E-state index < -0.39 is 0 Å². The Morgan fingerprint density at radius 1 is 1.08 bits per heavy atom. The second-order valence-corrected chi connectivity index (χ2v) is 3.23. The fourth-order valence-electron chi connectivity index (χ4n) is 1.24. The van der Waals surface area contributed by atoms with Crippen molar-refractivity contribution in [2.24, 2.45) is 0 Å². The Bertz CT molecular complexity index is 205. The molecule has 3 nitrogen and oxygen atoms in total. The molecular weight excluding hydrogens is 164 g/mol. The zero-order valence-electron chi connectivity index (χ0n) is 9.20. The Labute approximate surface area is 81.0 Å². The van der Waals surface area contributed by atoms with E-state index in [1.807, 2.05) is 51.0 Å². The number of hydrogen-bond acceptors (Lipinski definition) is 3. The summed E-state index contributed by atoms with van der Waals surface area (Å²) >= 11 is 0. The van der Waals surface area contributed by atoms with Gasteiger partial charge in [0.2, 0.25) is 0 Å². The van der Waals surface area contributed by atoms with Crippen LogP contribution in [0, 0.1) is 0 Å². The lowest BCUT2D eigenvalue weighted by Gasteiger charge is -2.25. The predicted octanol–water partition coefficient (Wildman–Crippen LogP) is 0.890. The largest absolute Gasteiger partial charge is 0.392 e. The molecule has 0 aliphatic rings. The van der Waals surface area contributed by atoms with Crippen LogP contribution in [0.1, 0.15) is 6.92 Å². The molecule has 0 aromatic heterocycles. The summed E-state index contributed by atoms with van der Waals surface area (Å²) in [7, 11) is 7.91. The molecule has 0 rings (SSSR count). The SMILES string of the molecule is CC=C(C(=CCO)N(C)C)N(C)C. The molecule has 0 amide bonds. The van der Waals surface area contributed by atoms with Gasteiger partial charge in [-0.25, -0.2) is 0 Å². The van der Waals surface area contributed by atoms with E-state index in [9.17, 15) is 0 Å². The van der Waals surface area contributed by atoms with Gasteiger partial charge in [0.1, 0.15) is 0 Å². The molecule has 0 unspecified atom stereocenters. The van der Waals surface area contributed by atoms with Crippen molar-refractivity contribution < 1.29 is 5.11 Å². The van der Waals surface area contributed by atoms with Crippen LogP contribution in [0.5, 0.6) is 0 Å². The van der Waals surface area contributed by atoms with E-state index in [2.05, 4.69) is 0 Å². The maximum atomic E-state index is 8.86. The standard InChI is InChI=1S/C10H20N2O/c1-6-9(11(2)3)10(7-8-13)12(4)5/h6-7,13H,8H2,1-5H3. The Morgan fingerprint density at radius 3 is 1.77 bits per heavy atom. The minimum Gasteiger partial charge on any atom is -0.392 e. The molecule has 0 saturated heterocycles. The summed E-state index contributed by atoms with van der Waals surface area (Å²) in [6.07, 6.45) is 3.83. The van der Waals surface area contributed by atoms with Gasteiger partial charge in [0, 0.05) is 28.2 Å². The van der Waals surface area contributed by atoms with Crippen molar-refractivity contribution in [1.82, 2.24) is 9.80 Å². The number of likely N-dealkylation sites (N-methyl/N-ethyl adjacent to an activating group) is 2. The van der Waals surface area contributed by atoms with E-state index in [-0.39, 0.29) is 6.61 Å². The minimum absolute atomic E-state index is 0.0681. The molecule has 0 fully saturated rings. The van der Waals surface area contributed by atoms with Gasteiger partial charge in [0.05, 0.1) is 18.0 Å². The second-order valence-electron chi connectivity index (χ2n) is 3.23. The first kappa shape index (κ1) is 12.0. The van der Waals surface area contributed by atoms with Crippen LogP contribution < -0.4 is 0 Å². The lowest BCUT2D eigenvalue weighted by atomic mass is 10.2. The van der Waals surface area contributed by atoms with Crippen LogP contribution in [0.15, 0.2) is 23.5 Å². The van der Waals surface area contributed by atoms with Crippen LogP contribution in [0.25, 0.3) is 0 Å². The summed E-state index contributed by atoms with van der Waals surface area (Å²) in [6.45, 7) is 2.06. The monoisotopic (exact) mass is 184 g/mol. The quantitative estimate of drug-likeness (QED) is 0.657. The second kappa shape index (κ2) is 5.65. The van der Waals surface area contributed by atoms with Gasteiger partial charge in [-0.2, -0.15) is 0 Å². The van der Waals surface area contributed by atoms with Crippen molar-refractivity contribution >= 4 is 0 Å². The van der Waals surface area contributed by atoms with Crippen LogP contribution in [0.4, 0.5) is 0 Å². The van der Waals surface area contributed by atoms with Crippen molar-refractivity contribution in [2.75, 3.05) is 34.8 Å². The highest BCUT2D eigenvalue weighted by Gasteiger charge is 2.07. The molecule has 0 spiro atoms. The molecule has 0 bridgehead atoms. The van der Waals surface area contributed by atoms with Crippen LogP contribution >= 0.6 is 0 Å². The molecule has 0 aliphatic carbocycles. The van der Waals surface area contributed by atoms with Gasteiger partial charge in [0.25, 0.3) is 0 Å². The van der Waals surface area contributed by atoms with Gasteiger partial charge in [-0.3, -0.25) is 0 Å². The maximum Gasteiger partial charge on any atom is 0.0636 e. The topological polar surface area (TPSA) is 26.7 Å². The normalized spacial score (nSPS) is 13.1. The van der Waals surface area contributed by atoms with E-state index >= 15 is 0 Å². The van der Waals surface area contributed by atoms with Crippen molar-refractivity contribution in [1.29, 1.82) is 0 Å². The average molecular weight is 184 g/mol. The number of aliphatic hydroxyl groups excluding tert-OH is 1. The third-order valence-corrected chi connectivity index (χ3v) is 1.78. The average Bonchev–Trinajstić information content (AvgIpc) is 2.03. The summed E-state index contributed by atoms with van der Waals surface area (Å²) in [5.74, 6) is 0. The Balaban J connectivity index is 4.83. The zero-order chi connectivity index (χ0) is 10.4. The smallest absolute Gasteiger partial charge is 0.0636 e. The molecule has 0 heterocycles. The molecule has 0 aromatic carbocycles. The van der Waals surface area contributed by atoms with E-state index in [4.69, 9.17) is 5.11 Å². The third kappa shape index (κ3) is 3.51. The first-order chi connectivity index (χ1) is 6.04. The Morgan fingerprint density at radius 2 is 1.54 bits per heavy atom. The predicted molar refractivity (Wildman–Crippen MR) is 56.3 cm³/mol. The summed E-state index contributed by atoms with van der Waals surface area (Å²) in [5.41, 5.74) is 2.15. The number of nitrogens with zero attached hydrogens (tertiary/aromatic N) is 2. The van der Waals surface area contributed by atoms with Crippen molar-refractivity contribution in [3.63, 3.8) is 0 Å². The highest BCUT2D eigenvalue weighted by atomic mass is 16.2. The van der Waals surface area contributed by atoms with Crippen molar-refractivity contribution in [3.05, 3.63) is 23.5 Å². The van der Waals surface area contributed by atoms with E-state index in [0.29, 0.717) is 0 Å². The van der Waals surface area contributed by atoms with E-state index in [0.717, 1.165) is 11.4 Å². The summed E-state index contributed by atoms with van der Waals surface area (Å²) < 4.78 is 0. The summed E-state index contributed by atoms with van der Waals surface area (Å²) in [6, 6.07) is 0. The number of hydrogen-bond donors (Lipinski definition) is 1. The van der Waals surface area contributed by atoms with Crippen LogP contribution in [0.2, 0.25) is 0 Å². The van der Waals surface area contributed by atoms with Gasteiger partial charge in [-0.05, 0) is 13.0 Å². The highest BCUT2D eigenvalue weighted by Crippen LogP contribution is 2.13. The van der Waals surface area contributed by atoms with Crippen LogP contribution in [-0.2, 0) is 0 Å². The first-order valence-electron chi connectivity index (χ1n) is 4.37. The molecule has 0 aliphatic heterocycles. The molecule has 3 heteroatoms. The number of aliphatic hydroxyl groups is 1. The van der Waals surface area contributed by atoms with E-state index in [1.54, 1.807) is 6.08 Å². The Hall–Kier alpha value is -0.960. The molecule has 0 radical (unpaired) electrons. The molecule has 1 N–H and O–H groups in total.